The zero-order valence-corrected chi connectivity index (χ0v) is 21.4. The monoisotopic (exact) mass is 509 g/mol. The van der Waals surface area contributed by atoms with Crippen LogP contribution in [-0.2, 0) is 11.3 Å². The second-order valence-electron chi connectivity index (χ2n) is 10.1. The van der Waals surface area contributed by atoms with Gasteiger partial charge in [-0.15, -0.1) is 11.8 Å². The number of hydrogen-bond donors (Lipinski definition) is 1. The molecule has 0 saturated heterocycles. The zero-order valence-electron chi connectivity index (χ0n) is 19.7. The number of nitrogens with zero attached hydrogens (tertiary/aromatic N) is 2. The first-order valence-corrected chi connectivity index (χ1v) is 13.8. The molecule has 5 nitrogen and oxygen atoms in total. The third-order valence-corrected chi connectivity index (χ3v) is 10.7. The van der Waals surface area contributed by atoms with E-state index < -0.39 is 0 Å². The molecule has 1 aliphatic heterocycles. The highest BCUT2D eigenvalue weighted by Gasteiger charge is 2.55. The number of carbonyl (C=O) groups excluding carboxylic acids is 1. The largest absolute Gasteiger partial charge is 0.378 e. The second kappa shape index (κ2) is 8.82. The third-order valence-electron chi connectivity index (χ3n) is 7.89. The van der Waals surface area contributed by atoms with Crippen LogP contribution in [0.25, 0.3) is 0 Å². The van der Waals surface area contributed by atoms with Gasteiger partial charge in [0.1, 0.15) is 12.4 Å². The smallest absolute Gasteiger partial charge is 0.308 e. The molecule has 2 fully saturated rings. The summed E-state index contributed by atoms with van der Waals surface area (Å²) in [6, 6.07) is 14.4. The first kappa shape index (κ1) is 22.9. The number of hydrogen-bond acceptors (Lipinski definition) is 5. The van der Waals surface area contributed by atoms with E-state index in [1.165, 1.54) is 60.4 Å². The van der Waals surface area contributed by atoms with Gasteiger partial charge in [0.05, 0.1) is 5.03 Å². The van der Waals surface area contributed by atoms with Crippen molar-refractivity contribution < 1.29 is 9.18 Å². The molecule has 0 radical (unpaired) electrons. The van der Waals surface area contributed by atoms with Crippen molar-refractivity contribution in [3.05, 3.63) is 74.5 Å². The zero-order chi connectivity index (χ0) is 24.3. The number of benzene rings is 2. The van der Waals surface area contributed by atoms with Crippen LogP contribution >= 0.6 is 23.1 Å². The van der Waals surface area contributed by atoms with E-state index in [0.717, 1.165) is 15.6 Å². The van der Waals surface area contributed by atoms with Gasteiger partial charge in [-0.1, -0.05) is 23.5 Å². The molecular weight excluding hydrogens is 481 g/mol. The molecule has 182 valence electrons. The van der Waals surface area contributed by atoms with Crippen molar-refractivity contribution in [2.24, 2.45) is 17.8 Å². The van der Waals surface area contributed by atoms with Gasteiger partial charge in [0, 0.05) is 41.5 Å². The molecule has 3 aliphatic rings. The highest BCUT2D eigenvalue weighted by molar-refractivity contribution is 8.00. The lowest BCUT2D eigenvalue weighted by molar-refractivity contribution is -0.116. The summed E-state index contributed by atoms with van der Waals surface area (Å²) in [5.74, 6) is 1.49. The molecule has 2 aromatic carbocycles. The van der Waals surface area contributed by atoms with Crippen molar-refractivity contribution in [3.63, 3.8) is 0 Å². The molecule has 35 heavy (non-hydrogen) atoms. The van der Waals surface area contributed by atoms with Crippen molar-refractivity contribution >= 4 is 40.4 Å². The van der Waals surface area contributed by atoms with Crippen molar-refractivity contribution in [3.8, 4) is 0 Å². The maximum absolute atomic E-state index is 13.2. The Kier molecular flexibility index (Phi) is 5.76. The summed E-state index contributed by atoms with van der Waals surface area (Å²) in [4.78, 5) is 29.2. The fourth-order valence-electron chi connectivity index (χ4n) is 6.32. The number of fused-ring (bicyclic) bond motifs is 6. The lowest BCUT2D eigenvalue weighted by Crippen LogP contribution is -2.34. The Hall–Kier alpha value is -2.58. The van der Waals surface area contributed by atoms with Crippen molar-refractivity contribution in [1.29, 1.82) is 0 Å². The van der Waals surface area contributed by atoms with E-state index in [-0.39, 0.29) is 29.1 Å². The van der Waals surface area contributed by atoms with Crippen LogP contribution in [0, 0.1) is 23.6 Å². The van der Waals surface area contributed by atoms with Crippen LogP contribution in [-0.4, -0.2) is 29.8 Å². The minimum atomic E-state index is -0.354. The lowest BCUT2D eigenvalue weighted by Gasteiger charge is -2.40. The van der Waals surface area contributed by atoms with E-state index in [1.807, 2.05) is 25.9 Å². The average molecular weight is 510 g/mol. The van der Waals surface area contributed by atoms with E-state index in [0.29, 0.717) is 28.7 Å². The van der Waals surface area contributed by atoms with E-state index in [1.54, 1.807) is 4.57 Å². The number of thioether (sulfide) groups is 1. The SMILES string of the molecule is CN(C)c1ccc([C@H]2c3sc(=O)n(CC(=O)Nc4ccc(F)cc4)c3SC3C4CCC(C4)C32)cc1. The van der Waals surface area contributed by atoms with E-state index >= 15 is 0 Å². The molecule has 4 unspecified atom stereocenters. The normalized spacial score (nSPS) is 26.3. The summed E-state index contributed by atoms with van der Waals surface area (Å²) >= 11 is 3.13. The van der Waals surface area contributed by atoms with Gasteiger partial charge in [-0.2, -0.15) is 0 Å². The molecule has 1 aromatic heterocycles. The molecule has 0 spiro atoms. The predicted octanol–water partition coefficient (Wildman–Crippen LogP) is 5.41. The van der Waals surface area contributed by atoms with Gasteiger partial charge in [0.15, 0.2) is 0 Å². The summed E-state index contributed by atoms with van der Waals surface area (Å²) in [6.07, 6.45) is 3.82. The Balaban J connectivity index is 1.35. The molecule has 2 heterocycles. The van der Waals surface area contributed by atoms with E-state index in [4.69, 9.17) is 0 Å². The topological polar surface area (TPSA) is 54.3 Å². The van der Waals surface area contributed by atoms with Gasteiger partial charge >= 0.3 is 4.87 Å². The molecule has 2 saturated carbocycles. The number of aromatic nitrogens is 1. The Bertz CT molecular complexity index is 1320. The summed E-state index contributed by atoms with van der Waals surface area (Å²) < 4.78 is 14.9. The van der Waals surface area contributed by atoms with Crippen molar-refractivity contribution in [1.82, 2.24) is 4.57 Å². The summed E-state index contributed by atoms with van der Waals surface area (Å²) in [7, 11) is 4.08. The maximum atomic E-state index is 13.2. The molecule has 1 amide bonds. The molecule has 3 aromatic rings. The second-order valence-corrected chi connectivity index (χ2v) is 12.3. The van der Waals surface area contributed by atoms with Gasteiger partial charge in [0.25, 0.3) is 0 Å². The molecule has 2 bridgehead atoms. The van der Waals surface area contributed by atoms with E-state index in [2.05, 4.69) is 34.5 Å². The predicted molar refractivity (Wildman–Crippen MR) is 140 cm³/mol. The summed E-state index contributed by atoms with van der Waals surface area (Å²) in [6.45, 7) is -0.0349. The van der Waals surface area contributed by atoms with Crippen LogP contribution in [0.1, 0.15) is 35.6 Å². The fraction of sp³-hybridized carbons (Fsp3) is 0.407. The molecular formula is C27H28FN3O2S2. The molecule has 8 heteroatoms. The van der Waals surface area contributed by atoms with Crippen molar-refractivity contribution in [2.75, 3.05) is 24.3 Å². The first-order chi connectivity index (χ1) is 16.9. The molecule has 1 N–H and O–H groups in total. The number of rotatable bonds is 5. The average Bonchev–Trinajstić information content (AvgIpc) is 3.54. The van der Waals surface area contributed by atoms with Crippen molar-refractivity contribution in [2.45, 2.75) is 42.0 Å². The van der Waals surface area contributed by atoms with Crippen LogP contribution in [0.15, 0.2) is 58.4 Å². The van der Waals surface area contributed by atoms with Crippen LogP contribution in [0.3, 0.4) is 0 Å². The van der Waals surface area contributed by atoms with Crippen LogP contribution in [0.2, 0.25) is 0 Å². The Morgan fingerprint density at radius 1 is 1.09 bits per heavy atom. The summed E-state index contributed by atoms with van der Waals surface area (Å²) in [5, 5.41) is 4.25. The minimum Gasteiger partial charge on any atom is -0.378 e. The lowest BCUT2D eigenvalue weighted by atomic mass is 9.75. The summed E-state index contributed by atoms with van der Waals surface area (Å²) in [5.41, 5.74) is 2.95. The number of halogens is 1. The third kappa shape index (κ3) is 4.00. The molecule has 2 aliphatic carbocycles. The minimum absolute atomic E-state index is 0.0349. The van der Waals surface area contributed by atoms with Gasteiger partial charge in [-0.05, 0) is 79.0 Å². The van der Waals surface area contributed by atoms with E-state index in [9.17, 15) is 14.0 Å². The first-order valence-electron chi connectivity index (χ1n) is 12.1. The van der Waals surface area contributed by atoms with Gasteiger partial charge in [-0.3, -0.25) is 14.2 Å². The fourth-order valence-corrected chi connectivity index (χ4v) is 9.47. The number of anilines is 2. The molecule has 6 rings (SSSR count). The quantitative estimate of drug-likeness (QED) is 0.500. The molecule has 5 atom stereocenters. The van der Waals surface area contributed by atoms with Gasteiger partial charge in [0.2, 0.25) is 5.91 Å². The Labute approximate surface area is 212 Å². The van der Waals surface area contributed by atoms with Crippen LogP contribution < -0.4 is 15.1 Å². The number of nitrogens with one attached hydrogen (secondary N) is 1. The maximum Gasteiger partial charge on any atom is 0.308 e. The van der Waals surface area contributed by atoms with Crippen LogP contribution in [0.5, 0.6) is 0 Å². The number of thiazole rings is 1. The number of carbonyl (C=O) groups is 1. The highest BCUT2D eigenvalue weighted by atomic mass is 32.2. The standard InChI is InChI=1S/C27H28FN3O2S2/c1-30(2)20-11-5-15(6-12-20)22-23-16-3-4-17(13-16)24(23)34-26-25(22)35-27(33)31(26)14-21(32)29-19-9-7-18(28)8-10-19/h5-12,16-17,22-24H,3-4,13-14H2,1-2H3,(H,29,32)/t16?,17?,22-,23?,24?/m1/s1. The van der Waals surface area contributed by atoms with Crippen LogP contribution in [0.4, 0.5) is 15.8 Å². The Morgan fingerprint density at radius 3 is 2.51 bits per heavy atom. The highest BCUT2D eigenvalue weighted by Crippen LogP contribution is 2.64. The van der Waals surface area contributed by atoms with Gasteiger partial charge < -0.3 is 10.2 Å². The Morgan fingerprint density at radius 2 is 1.80 bits per heavy atom. The number of amides is 1. The van der Waals surface area contributed by atoms with Gasteiger partial charge in [-0.25, -0.2) is 4.39 Å².